The van der Waals surface area contributed by atoms with E-state index in [1.165, 1.54) is 0 Å². The second-order valence-corrected chi connectivity index (χ2v) is 4.26. The minimum atomic E-state index is -1.16. The lowest BCUT2D eigenvalue weighted by molar-refractivity contribution is -0.130. The number of carboxylic acid groups (broad SMARTS) is 1. The lowest BCUT2D eigenvalue weighted by Gasteiger charge is -2.04. The maximum atomic E-state index is 11.4. The summed E-state index contributed by atoms with van der Waals surface area (Å²) in [7, 11) is 0. The Kier molecular flexibility index (Phi) is 2.32. The fourth-order valence-electron chi connectivity index (χ4n) is 2.61. The van der Waals surface area contributed by atoms with E-state index in [2.05, 4.69) is 0 Å². The summed E-state index contributed by atoms with van der Waals surface area (Å²) in [6.07, 6.45) is 1.14. The van der Waals surface area contributed by atoms with Crippen molar-refractivity contribution in [2.75, 3.05) is 0 Å². The van der Waals surface area contributed by atoms with Crippen molar-refractivity contribution in [1.82, 2.24) is 0 Å². The molecule has 0 saturated heterocycles. The summed E-state index contributed by atoms with van der Waals surface area (Å²) in [6, 6.07) is 8.56. The number of carbonyl (C=O) groups is 3. The van der Waals surface area contributed by atoms with Crippen LogP contribution in [-0.2, 0) is 9.59 Å². The molecule has 0 fully saturated rings. The Morgan fingerprint density at radius 3 is 2.47 bits per heavy atom. The molecule has 0 heterocycles. The van der Waals surface area contributed by atoms with E-state index in [0.717, 1.165) is 5.39 Å². The van der Waals surface area contributed by atoms with Gasteiger partial charge >= 0.3 is 5.97 Å². The maximum Gasteiger partial charge on any atom is 0.337 e. The zero-order chi connectivity index (χ0) is 13.6. The van der Waals surface area contributed by atoms with Gasteiger partial charge in [0.15, 0.2) is 12.6 Å². The first-order valence-electron chi connectivity index (χ1n) is 5.63. The number of aldehydes is 2. The van der Waals surface area contributed by atoms with E-state index in [1.807, 2.05) is 6.07 Å². The fourth-order valence-corrected chi connectivity index (χ4v) is 2.61. The molecule has 4 heteroatoms. The van der Waals surface area contributed by atoms with Gasteiger partial charge in [-0.3, -0.25) is 9.59 Å². The molecule has 2 aromatic carbocycles. The number of hydrogen-bond donors (Lipinski definition) is 1. The molecule has 19 heavy (non-hydrogen) atoms. The molecule has 1 aliphatic carbocycles. The Morgan fingerprint density at radius 2 is 1.84 bits per heavy atom. The monoisotopic (exact) mass is 252 g/mol. The van der Waals surface area contributed by atoms with Gasteiger partial charge in [-0.1, -0.05) is 30.3 Å². The third-order valence-corrected chi connectivity index (χ3v) is 3.34. The van der Waals surface area contributed by atoms with Crippen molar-refractivity contribution in [2.24, 2.45) is 0 Å². The minimum Gasteiger partial charge on any atom is -0.478 e. The second-order valence-electron chi connectivity index (χ2n) is 4.26. The number of allylic oxidation sites excluding steroid dienone is 1. The normalized spacial score (nSPS) is 12.8. The molecule has 0 saturated carbocycles. The lowest BCUT2D eigenvalue weighted by Crippen LogP contribution is -2.00. The molecule has 3 rings (SSSR count). The number of carbonyl (C=O) groups excluding carboxylic acids is 2. The zero-order valence-corrected chi connectivity index (χ0v) is 9.71. The molecule has 4 nitrogen and oxygen atoms in total. The van der Waals surface area contributed by atoms with Gasteiger partial charge in [-0.05, 0) is 16.3 Å². The van der Waals surface area contributed by atoms with Crippen LogP contribution in [0.1, 0.15) is 21.5 Å². The van der Waals surface area contributed by atoms with Crippen LogP contribution in [0.2, 0.25) is 0 Å². The van der Waals surface area contributed by atoms with Gasteiger partial charge in [-0.25, -0.2) is 4.79 Å². The Hall–Kier alpha value is -2.75. The first-order chi connectivity index (χ1) is 9.19. The van der Waals surface area contributed by atoms with Crippen LogP contribution in [0.15, 0.2) is 30.3 Å². The van der Waals surface area contributed by atoms with Crippen LogP contribution in [-0.4, -0.2) is 23.6 Å². The SMILES string of the molecule is O=CC1=C(C(=O)O)c2cccc3ccc(C=O)c1c23. The number of hydrogen-bond acceptors (Lipinski definition) is 3. The fraction of sp³-hybridized carbons (Fsp3) is 0. The van der Waals surface area contributed by atoms with Gasteiger partial charge in [0.2, 0.25) is 0 Å². The summed E-state index contributed by atoms with van der Waals surface area (Å²) in [5, 5.41) is 10.8. The van der Waals surface area contributed by atoms with Crippen LogP contribution < -0.4 is 0 Å². The summed E-state index contributed by atoms with van der Waals surface area (Å²) in [5.74, 6) is -1.16. The molecule has 1 N–H and O–H groups in total. The number of benzene rings is 2. The van der Waals surface area contributed by atoms with Crippen LogP contribution >= 0.6 is 0 Å². The van der Waals surface area contributed by atoms with E-state index in [4.69, 9.17) is 0 Å². The van der Waals surface area contributed by atoms with Gasteiger partial charge in [-0.15, -0.1) is 0 Å². The van der Waals surface area contributed by atoms with Crippen LogP contribution in [0.5, 0.6) is 0 Å². The number of carboxylic acids is 1. The molecule has 0 unspecified atom stereocenters. The summed E-state index contributed by atoms with van der Waals surface area (Å²) in [4.78, 5) is 33.7. The van der Waals surface area contributed by atoms with Gasteiger partial charge in [0.1, 0.15) is 0 Å². The summed E-state index contributed by atoms with van der Waals surface area (Å²) in [6.45, 7) is 0. The predicted octanol–water partition coefficient (Wildman–Crippen LogP) is 2.16. The first-order valence-corrected chi connectivity index (χ1v) is 5.63. The van der Waals surface area contributed by atoms with Crippen LogP contribution in [0.4, 0.5) is 0 Å². The standard InChI is InChI=1S/C15H8O4/c16-6-9-5-4-8-2-1-3-10-12(8)13(9)11(7-17)14(10)15(18)19/h1-7H,(H,18,19). The Morgan fingerprint density at radius 1 is 1.05 bits per heavy atom. The molecule has 0 aliphatic heterocycles. The second kappa shape index (κ2) is 3.88. The molecule has 0 radical (unpaired) electrons. The van der Waals surface area contributed by atoms with E-state index in [1.54, 1.807) is 24.3 Å². The van der Waals surface area contributed by atoms with E-state index >= 15 is 0 Å². The molecule has 0 spiro atoms. The van der Waals surface area contributed by atoms with Gasteiger partial charge in [0, 0.05) is 16.7 Å². The predicted molar refractivity (Wildman–Crippen MR) is 69.8 cm³/mol. The van der Waals surface area contributed by atoms with Crippen molar-refractivity contribution in [2.45, 2.75) is 0 Å². The van der Waals surface area contributed by atoms with Crippen molar-refractivity contribution in [3.05, 3.63) is 47.0 Å². The average molecular weight is 252 g/mol. The highest BCUT2D eigenvalue weighted by Gasteiger charge is 2.29. The summed E-state index contributed by atoms with van der Waals surface area (Å²) < 4.78 is 0. The van der Waals surface area contributed by atoms with Gasteiger partial charge < -0.3 is 5.11 Å². The van der Waals surface area contributed by atoms with Crippen molar-refractivity contribution < 1.29 is 19.5 Å². The topological polar surface area (TPSA) is 71.4 Å². The third kappa shape index (κ3) is 1.37. The van der Waals surface area contributed by atoms with E-state index in [0.29, 0.717) is 34.6 Å². The summed E-state index contributed by atoms with van der Waals surface area (Å²) >= 11 is 0. The maximum absolute atomic E-state index is 11.4. The van der Waals surface area contributed by atoms with Crippen LogP contribution in [0, 0.1) is 0 Å². The van der Waals surface area contributed by atoms with Crippen LogP contribution in [0.3, 0.4) is 0 Å². The Labute approximate surface area is 108 Å². The quantitative estimate of drug-likeness (QED) is 0.849. The highest BCUT2D eigenvalue weighted by Crippen LogP contribution is 2.42. The van der Waals surface area contributed by atoms with Gasteiger partial charge in [-0.2, -0.15) is 0 Å². The third-order valence-electron chi connectivity index (χ3n) is 3.34. The van der Waals surface area contributed by atoms with Gasteiger partial charge in [0.25, 0.3) is 0 Å². The molecular weight excluding hydrogens is 244 g/mol. The lowest BCUT2D eigenvalue weighted by atomic mass is 9.98. The molecule has 1 aliphatic rings. The van der Waals surface area contributed by atoms with Crippen molar-refractivity contribution in [3.8, 4) is 0 Å². The Balaban J connectivity index is 2.56. The van der Waals surface area contributed by atoms with E-state index in [-0.39, 0.29) is 11.1 Å². The average Bonchev–Trinajstić information content (AvgIpc) is 2.76. The molecule has 0 aromatic heterocycles. The molecule has 0 bridgehead atoms. The van der Waals surface area contributed by atoms with Gasteiger partial charge in [0.05, 0.1) is 5.57 Å². The molecule has 92 valence electrons. The summed E-state index contributed by atoms with van der Waals surface area (Å²) in [5.41, 5.74) is 1.28. The smallest absolute Gasteiger partial charge is 0.337 e. The Bertz CT molecular complexity index is 784. The van der Waals surface area contributed by atoms with Crippen molar-refractivity contribution in [3.63, 3.8) is 0 Å². The van der Waals surface area contributed by atoms with Crippen LogP contribution in [0.25, 0.3) is 21.9 Å². The number of aliphatic carboxylic acids is 1. The van der Waals surface area contributed by atoms with Crippen molar-refractivity contribution in [1.29, 1.82) is 0 Å². The van der Waals surface area contributed by atoms with Crippen molar-refractivity contribution >= 4 is 40.5 Å². The zero-order valence-electron chi connectivity index (χ0n) is 9.71. The molecular formula is C15H8O4. The first kappa shape index (κ1) is 11.3. The molecule has 2 aromatic rings. The molecule has 0 amide bonds. The largest absolute Gasteiger partial charge is 0.478 e. The highest BCUT2D eigenvalue weighted by molar-refractivity contribution is 6.41. The number of rotatable bonds is 3. The minimum absolute atomic E-state index is 0.0371. The molecule has 0 atom stereocenters. The highest BCUT2D eigenvalue weighted by atomic mass is 16.4. The van der Waals surface area contributed by atoms with E-state index < -0.39 is 5.97 Å². The van der Waals surface area contributed by atoms with E-state index in [9.17, 15) is 19.5 Å².